The van der Waals surface area contributed by atoms with E-state index in [4.69, 9.17) is 0 Å². The minimum absolute atomic E-state index is 0.0906. The Balaban J connectivity index is 1.24. The average molecular weight is 435 g/mol. The lowest BCUT2D eigenvalue weighted by molar-refractivity contribution is -0.131. The first-order valence-electron chi connectivity index (χ1n) is 10.9. The predicted octanol–water partition coefficient (Wildman–Crippen LogP) is 3.44. The number of para-hydroxylation sites is 1. The lowest BCUT2D eigenvalue weighted by Crippen LogP contribution is -2.37. The Morgan fingerprint density at radius 2 is 2.03 bits per heavy atom. The summed E-state index contributed by atoms with van der Waals surface area (Å²) in [6.45, 7) is 3.83. The van der Waals surface area contributed by atoms with Gasteiger partial charge in [0.15, 0.2) is 5.69 Å². The molecule has 7 heteroatoms. The van der Waals surface area contributed by atoms with Gasteiger partial charge in [0.1, 0.15) is 0 Å². The van der Waals surface area contributed by atoms with E-state index in [1.54, 1.807) is 11.3 Å². The van der Waals surface area contributed by atoms with E-state index in [1.807, 2.05) is 27.8 Å². The van der Waals surface area contributed by atoms with E-state index in [1.165, 1.54) is 10.4 Å². The first-order chi connectivity index (χ1) is 15.1. The molecule has 1 N–H and O–H groups in total. The highest BCUT2D eigenvalue weighted by Crippen LogP contribution is 2.29. The van der Waals surface area contributed by atoms with Crippen molar-refractivity contribution >= 4 is 23.2 Å². The standard InChI is InChI=1S/C24H26N4O2S/c1-16-5-2-3-7-19(16)28-20-8-4-6-18(20)23(26-28)24(30)25-12-9-22(29)27-13-10-21-17(15-27)11-14-31-21/h2-3,5,7,11,14H,4,6,8-10,12-13,15H2,1H3,(H,25,30). The summed E-state index contributed by atoms with van der Waals surface area (Å²) in [5, 5.41) is 9.70. The maximum Gasteiger partial charge on any atom is 0.272 e. The van der Waals surface area contributed by atoms with Crippen LogP contribution in [0.4, 0.5) is 0 Å². The zero-order chi connectivity index (χ0) is 21.4. The molecule has 2 aromatic heterocycles. The number of benzene rings is 1. The summed E-state index contributed by atoms with van der Waals surface area (Å²) in [6, 6.07) is 10.2. The number of nitrogens with zero attached hydrogens (tertiary/aromatic N) is 3. The molecule has 31 heavy (non-hydrogen) atoms. The molecular formula is C24H26N4O2S. The van der Waals surface area contributed by atoms with Crippen LogP contribution in [0.15, 0.2) is 35.7 Å². The number of hydrogen-bond donors (Lipinski definition) is 1. The smallest absolute Gasteiger partial charge is 0.272 e. The minimum Gasteiger partial charge on any atom is -0.350 e. The van der Waals surface area contributed by atoms with E-state index in [0.717, 1.165) is 54.7 Å². The van der Waals surface area contributed by atoms with Crippen molar-refractivity contribution in [1.29, 1.82) is 0 Å². The number of thiophene rings is 1. The van der Waals surface area contributed by atoms with Gasteiger partial charge < -0.3 is 10.2 Å². The molecule has 0 bridgehead atoms. The molecule has 3 aromatic rings. The lowest BCUT2D eigenvalue weighted by Gasteiger charge is -2.27. The third kappa shape index (κ3) is 3.78. The summed E-state index contributed by atoms with van der Waals surface area (Å²) in [6.07, 6.45) is 4.08. The molecule has 160 valence electrons. The highest BCUT2D eigenvalue weighted by molar-refractivity contribution is 7.10. The van der Waals surface area contributed by atoms with Crippen molar-refractivity contribution in [1.82, 2.24) is 20.0 Å². The summed E-state index contributed by atoms with van der Waals surface area (Å²) >= 11 is 1.77. The Labute approximate surface area is 185 Å². The van der Waals surface area contributed by atoms with Crippen LogP contribution in [0.1, 0.15) is 50.6 Å². The van der Waals surface area contributed by atoms with Crippen molar-refractivity contribution in [2.24, 2.45) is 0 Å². The van der Waals surface area contributed by atoms with Crippen molar-refractivity contribution in [3.8, 4) is 5.69 Å². The number of aromatic nitrogens is 2. The molecule has 1 aliphatic carbocycles. The zero-order valence-electron chi connectivity index (χ0n) is 17.7. The number of aryl methyl sites for hydroxylation is 1. The predicted molar refractivity (Wildman–Crippen MR) is 121 cm³/mol. The molecule has 0 saturated heterocycles. The van der Waals surface area contributed by atoms with Crippen LogP contribution in [0.25, 0.3) is 5.69 Å². The van der Waals surface area contributed by atoms with Gasteiger partial charge in [0.2, 0.25) is 5.91 Å². The van der Waals surface area contributed by atoms with Gasteiger partial charge in [-0.05, 0) is 61.2 Å². The largest absolute Gasteiger partial charge is 0.350 e. The topological polar surface area (TPSA) is 67.2 Å². The monoisotopic (exact) mass is 434 g/mol. The fourth-order valence-electron chi connectivity index (χ4n) is 4.61. The molecule has 0 radical (unpaired) electrons. The van der Waals surface area contributed by atoms with Crippen LogP contribution >= 0.6 is 11.3 Å². The van der Waals surface area contributed by atoms with E-state index in [0.29, 0.717) is 25.2 Å². The Hall–Kier alpha value is -2.93. The SMILES string of the molecule is Cc1ccccc1-n1nc(C(=O)NCCC(=O)N2CCc3sccc3C2)c2c1CCC2. The summed E-state index contributed by atoms with van der Waals surface area (Å²) < 4.78 is 1.93. The van der Waals surface area contributed by atoms with Crippen LogP contribution in [0.3, 0.4) is 0 Å². The third-order valence-electron chi connectivity index (χ3n) is 6.27. The maximum atomic E-state index is 12.9. The summed E-state index contributed by atoms with van der Waals surface area (Å²) in [5.41, 5.74) is 6.10. The first-order valence-corrected chi connectivity index (χ1v) is 11.8. The van der Waals surface area contributed by atoms with E-state index < -0.39 is 0 Å². The summed E-state index contributed by atoms with van der Waals surface area (Å²) in [7, 11) is 0. The molecular weight excluding hydrogens is 408 g/mol. The second kappa shape index (κ2) is 8.30. The van der Waals surface area contributed by atoms with Gasteiger partial charge >= 0.3 is 0 Å². The summed E-state index contributed by atoms with van der Waals surface area (Å²) in [5.74, 6) is -0.0927. The number of rotatable bonds is 5. The van der Waals surface area contributed by atoms with Gasteiger partial charge in [-0.25, -0.2) is 4.68 Å². The van der Waals surface area contributed by atoms with Crippen LogP contribution in [-0.4, -0.2) is 39.6 Å². The van der Waals surface area contributed by atoms with Crippen LogP contribution in [0.5, 0.6) is 0 Å². The second-order valence-electron chi connectivity index (χ2n) is 8.27. The number of carbonyl (C=O) groups is 2. The van der Waals surface area contributed by atoms with Crippen LogP contribution in [0, 0.1) is 6.92 Å². The molecule has 2 amide bonds. The van der Waals surface area contributed by atoms with Crippen molar-refractivity contribution < 1.29 is 9.59 Å². The molecule has 0 spiro atoms. The van der Waals surface area contributed by atoms with E-state index in [9.17, 15) is 9.59 Å². The molecule has 6 nitrogen and oxygen atoms in total. The Kier molecular flexibility index (Phi) is 5.36. The Bertz CT molecular complexity index is 1150. The first kappa shape index (κ1) is 20.0. The molecule has 0 fully saturated rings. The van der Waals surface area contributed by atoms with E-state index >= 15 is 0 Å². The highest BCUT2D eigenvalue weighted by Gasteiger charge is 2.27. The van der Waals surface area contributed by atoms with Gasteiger partial charge in [0.25, 0.3) is 5.91 Å². The van der Waals surface area contributed by atoms with Gasteiger partial charge in [-0.3, -0.25) is 9.59 Å². The normalized spacial score (nSPS) is 14.9. The fourth-order valence-corrected chi connectivity index (χ4v) is 5.50. The van der Waals surface area contributed by atoms with Gasteiger partial charge in [-0.15, -0.1) is 11.3 Å². The number of carbonyl (C=O) groups excluding carboxylic acids is 2. The van der Waals surface area contributed by atoms with Crippen molar-refractivity contribution in [3.63, 3.8) is 0 Å². The number of nitrogens with one attached hydrogen (secondary N) is 1. The van der Waals surface area contributed by atoms with Crippen molar-refractivity contribution in [3.05, 3.63) is 68.7 Å². The summed E-state index contributed by atoms with van der Waals surface area (Å²) in [4.78, 5) is 28.8. The van der Waals surface area contributed by atoms with Crippen LogP contribution in [0.2, 0.25) is 0 Å². The second-order valence-corrected chi connectivity index (χ2v) is 9.27. The van der Waals surface area contributed by atoms with Crippen molar-refractivity contribution in [2.45, 2.75) is 45.6 Å². The zero-order valence-corrected chi connectivity index (χ0v) is 18.5. The third-order valence-corrected chi connectivity index (χ3v) is 7.30. The quantitative estimate of drug-likeness (QED) is 0.669. The highest BCUT2D eigenvalue weighted by atomic mass is 32.1. The maximum absolute atomic E-state index is 12.9. The molecule has 2 aliphatic rings. The average Bonchev–Trinajstić information content (AvgIpc) is 3.50. The fraction of sp³-hybridized carbons (Fsp3) is 0.375. The number of hydrogen-bond acceptors (Lipinski definition) is 4. The van der Waals surface area contributed by atoms with Crippen molar-refractivity contribution in [2.75, 3.05) is 13.1 Å². The molecule has 1 aromatic carbocycles. The van der Waals surface area contributed by atoms with Gasteiger partial charge in [-0.1, -0.05) is 18.2 Å². The minimum atomic E-state index is -0.183. The molecule has 1 aliphatic heterocycles. The number of amides is 2. The van der Waals surface area contributed by atoms with Crippen LogP contribution < -0.4 is 5.32 Å². The Morgan fingerprint density at radius 3 is 2.90 bits per heavy atom. The van der Waals surface area contributed by atoms with E-state index in [-0.39, 0.29) is 11.8 Å². The molecule has 0 saturated carbocycles. The Morgan fingerprint density at radius 1 is 1.16 bits per heavy atom. The lowest BCUT2D eigenvalue weighted by atomic mass is 10.1. The van der Waals surface area contributed by atoms with Gasteiger partial charge in [0, 0.05) is 42.2 Å². The van der Waals surface area contributed by atoms with Gasteiger partial charge in [-0.2, -0.15) is 5.10 Å². The molecule has 0 unspecified atom stereocenters. The molecule has 0 atom stereocenters. The van der Waals surface area contributed by atoms with Gasteiger partial charge in [0.05, 0.1) is 5.69 Å². The van der Waals surface area contributed by atoms with Crippen LogP contribution in [-0.2, 0) is 30.6 Å². The molecule has 5 rings (SSSR count). The number of fused-ring (bicyclic) bond motifs is 2. The molecule has 3 heterocycles. The van der Waals surface area contributed by atoms with E-state index in [2.05, 4.69) is 34.9 Å².